The summed E-state index contributed by atoms with van der Waals surface area (Å²) in [5.74, 6) is 0.924. The van der Waals surface area contributed by atoms with E-state index in [-0.39, 0.29) is 0 Å². The van der Waals surface area contributed by atoms with Gasteiger partial charge in [-0.1, -0.05) is 48.5 Å². The van der Waals surface area contributed by atoms with Gasteiger partial charge in [0.25, 0.3) is 0 Å². The number of anilines is 1. The Bertz CT molecular complexity index is 1240. The molecule has 5 aromatic rings. The van der Waals surface area contributed by atoms with Gasteiger partial charge in [-0.15, -0.1) is 0 Å². The fraction of sp³-hybridized carbons (Fsp3) is 0.0870. The van der Waals surface area contributed by atoms with Crippen molar-refractivity contribution in [3.63, 3.8) is 0 Å². The molecule has 0 aliphatic carbocycles. The van der Waals surface area contributed by atoms with Crippen LogP contribution in [0.4, 0.5) is 5.82 Å². The molecule has 0 aliphatic rings. The van der Waals surface area contributed by atoms with E-state index in [4.69, 9.17) is 0 Å². The van der Waals surface area contributed by atoms with E-state index in [1.165, 1.54) is 10.8 Å². The predicted octanol–water partition coefficient (Wildman–Crippen LogP) is 4.60. The van der Waals surface area contributed by atoms with Crippen molar-refractivity contribution in [3.8, 4) is 11.1 Å². The third-order valence-electron chi connectivity index (χ3n) is 4.89. The molecular weight excluding hydrogens is 346 g/mol. The summed E-state index contributed by atoms with van der Waals surface area (Å²) in [6.07, 6.45) is 6.40. The molecule has 136 valence electrons. The monoisotopic (exact) mass is 365 g/mol. The summed E-state index contributed by atoms with van der Waals surface area (Å²) in [4.78, 5) is 8.97. The average Bonchev–Trinajstić information content (AvgIpc) is 3.19. The molecule has 0 saturated heterocycles. The Labute approximate surface area is 162 Å². The summed E-state index contributed by atoms with van der Waals surface area (Å²) in [7, 11) is 0. The first kappa shape index (κ1) is 16.4. The molecule has 2 aromatic carbocycles. The van der Waals surface area contributed by atoms with Gasteiger partial charge in [0.2, 0.25) is 0 Å². The maximum atomic E-state index is 4.60. The fourth-order valence-corrected chi connectivity index (χ4v) is 3.54. The molecule has 5 nitrogen and oxygen atoms in total. The van der Waals surface area contributed by atoms with E-state index in [9.17, 15) is 0 Å². The summed E-state index contributed by atoms with van der Waals surface area (Å²) in [5, 5.41) is 10.5. The quantitative estimate of drug-likeness (QED) is 0.495. The molecule has 28 heavy (non-hydrogen) atoms. The number of rotatable bonds is 5. The number of nitrogens with zero attached hydrogens (tertiary/aromatic N) is 4. The molecule has 1 N–H and O–H groups in total. The number of benzene rings is 2. The minimum absolute atomic E-state index is 0.777. The lowest BCUT2D eigenvalue weighted by Crippen LogP contribution is -2.09. The third kappa shape index (κ3) is 2.97. The first-order valence-electron chi connectivity index (χ1n) is 9.35. The molecule has 0 fully saturated rings. The molecule has 3 aromatic heterocycles. The zero-order valence-electron chi connectivity index (χ0n) is 15.3. The lowest BCUT2D eigenvalue weighted by atomic mass is 10.0. The summed E-state index contributed by atoms with van der Waals surface area (Å²) < 4.78 is 1.87. The second-order valence-corrected chi connectivity index (χ2v) is 6.65. The highest BCUT2D eigenvalue weighted by molar-refractivity contribution is 5.99. The van der Waals surface area contributed by atoms with Crippen LogP contribution >= 0.6 is 0 Å². The minimum Gasteiger partial charge on any atom is -0.370 e. The molecule has 0 spiro atoms. The lowest BCUT2D eigenvalue weighted by molar-refractivity contribution is 0.901. The van der Waals surface area contributed by atoms with Crippen molar-refractivity contribution in [2.24, 2.45) is 0 Å². The van der Waals surface area contributed by atoms with Crippen LogP contribution in [0, 0.1) is 0 Å². The van der Waals surface area contributed by atoms with E-state index >= 15 is 0 Å². The second kappa shape index (κ2) is 7.12. The van der Waals surface area contributed by atoms with Crippen LogP contribution in [0.25, 0.3) is 27.5 Å². The molecule has 3 heterocycles. The average molecular weight is 365 g/mol. The fourth-order valence-electron chi connectivity index (χ4n) is 3.54. The molecule has 0 bridgehead atoms. The number of hydrogen-bond acceptors (Lipinski definition) is 4. The number of aromatic nitrogens is 4. The van der Waals surface area contributed by atoms with Crippen LogP contribution in [0.5, 0.6) is 0 Å². The van der Waals surface area contributed by atoms with E-state index in [1.807, 2.05) is 47.4 Å². The van der Waals surface area contributed by atoms with Gasteiger partial charge in [0.1, 0.15) is 5.82 Å². The lowest BCUT2D eigenvalue weighted by Gasteiger charge is -2.09. The number of pyridine rings is 1. The molecular formula is C23H19N5. The van der Waals surface area contributed by atoms with Crippen molar-refractivity contribution in [3.05, 3.63) is 91.0 Å². The largest absolute Gasteiger partial charge is 0.370 e. The Balaban J connectivity index is 1.48. The Morgan fingerprint density at radius 2 is 1.68 bits per heavy atom. The summed E-state index contributed by atoms with van der Waals surface area (Å²) >= 11 is 0. The maximum absolute atomic E-state index is 4.60. The van der Waals surface area contributed by atoms with Crippen molar-refractivity contribution in [2.45, 2.75) is 6.42 Å². The highest BCUT2D eigenvalue weighted by atomic mass is 15.3. The van der Waals surface area contributed by atoms with Gasteiger partial charge >= 0.3 is 0 Å². The van der Waals surface area contributed by atoms with E-state index in [1.54, 1.807) is 0 Å². The Kier molecular flexibility index (Phi) is 4.18. The van der Waals surface area contributed by atoms with Crippen LogP contribution in [0.1, 0.15) is 5.69 Å². The van der Waals surface area contributed by atoms with Gasteiger partial charge in [0.05, 0.1) is 6.20 Å². The standard InChI is InChI=1S/C23H19N5/c1-2-9-19-17(6-1)7-5-10-20(19)21-16-27-28-22(12-15-26-23(21)28)25-14-11-18-8-3-4-13-24-18/h1-10,12-13,15-16,25H,11,14H2. The third-order valence-corrected chi connectivity index (χ3v) is 4.89. The van der Waals surface area contributed by atoms with Gasteiger partial charge in [0.15, 0.2) is 5.65 Å². The molecule has 0 aliphatic heterocycles. The van der Waals surface area contributed by atoms with Crippen molar-refractivity contribution in [1.29, 1.82) is 0 Å². The topological polar surface area (TPSA) is 55.1 Å². The predicted molar refractivity (Wildman–Crippen MR) is 112 cm³/mol. The van der Waals surface area contributed by atoms with Crippen LogP contribution in [-0.2, 0) is 6.42 Å². The second-order valence-electron chi connectivity index (χ2n) is 6.65. The van der Waals surface area contributed by atoms with Gasteiger partial charge in [-0.3, -0.25) is 4.98 Å². The molecule has 0 radical (unpaired) electrons. The van der Waals surface area contributed by atoms with Gasteiger partial charge in [-0.25, -0.2) is 4.98 Å². The normalized spacial score (nSPS) is 11.1. The zero-order valence-corrected chi connectivity index (χ0v) is 15.3. The first-order valence-corrected chi connectivity index (χ1v) is 9.35. The van der Waals surface area contributed by atoms with Crippen LogP contribution in [0.15, 0.2) is 85.3 Å². The van der Waals surface area contributed by atoms with Gasteiger partial charge in [-0.2, -0.15) is 9.61 Å². The molecule has 5 rings (SSSR count). The van der Waals surface area contributed by atoms with Gasteiger partial charge in [0, 0.05) is 36.6 Å². The van der Waals surface area contributed by atoms with Crippen molar-refractivity contribution >= 4 is 22.2 Å². The van der Waals surface area contributed by atoms with Crippen molar-refractivity contribution < 1.29 is 0 Å². The van der Waals surface area contributed by atoms with Gasteiger partial charge in [-0.05, 0) is 34.5 Å². The number of hydrogen-bond donors (Lipinski definition) is 1. The summed E-state index contributed by atoms with van der Waals surface area (Å²) in [6, 6.07) is 22.7. The van der Waals surface area contributed by atoms with Crippen LogP contribution in [0.3, 0.4) is 0 Å². The Morgan fingerprint density at radius 3 is 2.61 bits per heavy atom. The van der Waals surface area contributed by atoms with E-state index in [0.29, 0.717) is 0 Å². The van der Waals surface area contributed by atoms with E-state index in [0.717, 1.165) is 41.3 Å². The Morgan fingerprint density at radius 1 is 0.786 bits per heavy atom. The van der Waals surface area contributed by atoms with E-state index < -0.39 is 0 Å². The smallest absolute Gasteiger partial charge is 0.165 e. The minimum atomic E-state index is 0.777. The first-order chi connectivity index (χ1) is 13.9. The van der Waals surface area contributed by atoms with E-state index in [2.05, 4.69) is 62.8 Å². The molecule has 0 unspecified atom stereocenters. The SMILES string of the molecule is c1ccc(CCNc2ccnc3c(-c4cccc5ccccc45)cnn23)nc1. The van der Waals surface area contributed by atoms with Crippen LogP contribution < -0.4 is 5.32 Å². The zero-order chi connectivity index (χ0) is 18.8. The van der Waals surface area contributed by atoms with Gasteiger partial charge < -0.3 is 5.32 Å². The molecule has 0 saturated carbocycles. The van der Waals surface area contributed by atoms with Crippen LogP contribution in [-0.4, -0.2) is 26.1 Å². The number of fused-ring (bicyclic) bond motifs is 2. The van der Waals surface area contributed by atoms with Crippen molar-refractivity contribution in [1.82, 2.24) is 19.6 Å². The molecule has 0 amide bonds. The summed E-state index contributed by atoms with van der Waals surface area (Å²) in [6.45, 7) is 0.777. The van der Waals surface area contributed by atoms with Crippen molar-refractivity contribution in [2.75, 3.05) is 11.9 Å². The molecule has 5 heteroatoms. The highest BCUT2D eigenvalue weighted by Gasteiger charge is 2.12. The van der Waals surface area contributed by atoms with Crippen LogP contribution in [0.2, 0.25) is 0 Å². The highest BCUT2D eigenvalue weighted by Crippen LogP contribution is 2.31. The number of nitrogens with one attached hydrogen (secondary N) is 1. The summed E-state index contributed by atoms with van der Waals surface area (Å²) in [5.41, 5.74) is 4.09. The molecule has 0 atom stereocenters. The maximum Gasteiger partial charge on any atom is 0.165 e. The Hall–Kier alpha value is -3.73.